The summed E-state index contributed by atoms with van der Waals surface area (Å²) in [5.41, 5.74) is 6.41. The number of likely N-dealkylation sites (tertiary alicyclic amines) is 1. The Morgan fingerprint density at radius 3 is 3.00 bits per heavy atom. The van der Waals surface area contributed by atoms with E-state index < -0.39 is 6.10 Å². The Balaban J connectivity index is 2.17. The molecule has 0 aliphatic carbocycles. The highest BCUT2D eigenvalue weighted by Crippen LogP contribution is 2.16. The van der Waals surface area contributed by atoms with Gasteiger partial charge in [0.2, 0.25) is 0 Å². The monoisotopic (exact) mass is 224 g/mol. The predicted octanol–water partition coefficient (Wildman–Crippen LogP) is -0.308. The van der Waals surface area contributed by atoms with Gasteiger partial charge in [0.25, 0.3) is 5.91 Å². The van der Waals surface area contributed by atoms with Gasteiger partial charge in [-0.25, -0.2) is 0 Å². The number of hydrogen-bond acceptors (Lipinski definition) is 4. The summed E-state index contributed by atoms with van der Waals surface area (Å²) in [7, 11) is 0. The van der Waals surface area contributed by atoms with E-state index in [4.69, 9.17) is 5.73 Å². The molecule has 1 atom stereocenters. The Hall–Kier alpha value is -1.56. The fourth-order valence-corrected chi connectivity index (χ4v) is 1.84. The number of aromatic nitrogens is 2. The molecule has 1 fully saturated rings. The zero-order valence-corrected chi connectivity index (χ0v) is 9.26. The molecule has 1 aromatic heterocycles. The highest BCUT2D eigenvalue weighted by Gasteiger charge is 2.28. The molecule has 1 aromatic rings. The maximum atomic E-state index is 12.0. The van der Waals surface area contributed by atoms with Gasteiger partial charge < -0.3 is 15.7 Å². The minimum absolute atomic E-state index is 0.193. The van der Waals surface area contributed by atoms with Crippen molar-refractivity contribution in [3.05, 3.63) is 11.9 Å². The van der Waals surface area contributed by atoms with Gasteiger partial charge in [-0.15, -0.1) is 0 Å². The molecule has 88 valence electrons. The predicted molar refractivity (Wildman–Crippen MR) is 58.8 cm³/mol. The van der Waals surface area contributed by atoms with Crippen molar-refractivity contribution in [3.63, 3.8) is 0 Å². The van der Waals surface area contributed by atoms with Crippen LogP contribution in [-0.4, -0.2) is 44.9 Å². The van der Waals surface area contributed by atoms with E-state index in [-0.39, 0.29) is 11.6 Å². The number of carbonyl (C=O) groups excluding carboxylic acids is 1. The van der Waals surface area contributed by atoms with Gasteiger partial charge in [-0.05, 0) is 13.3 Å². The summed E-state index contributed by atoms with van der Waals surface area (Å²) < 4.78 is 1.63. The molecule has 16 heavy (non-hydrogen) atoms. The second kappa shape index (κ2) is 4.13. The maximum absolute atomic E-state index is 12.0. The number of hydrogen-bond donors (Lipinski definition) is 2. The Bertz CT molecular complexity index is 402. The molecule has 1 amide bonds. The molecule has 0 radical (unpaired) electrons. The van der Waals surface area contributed by atoms with Crippen LogP contribution in [0.4, 0.5) is 5.69 Å². The molecule has 6 heteroatoms. The Kier molecular flexibility index (Phi) is 2.82. The molecule has 0 bridgehead atoms. The lowest BCUT2D eigenvalue weighted by molar-refractivity contribution is 0.0759. The summed E-state index contributed by atoms with van der Waals surface area (Å²) in [6.07, 6.45) is 1.86. The van der Waals surface area contributed by atoms with E-state index in [1.165, 1.54) is 0 Å². The Morgan fingerprint density at radius 2 is 2.50 bits per heavy atom. The van der Waals surface area contributed by atoms with Crippen LogP contribution in [0.15, 0.2) is 6.20 Å². The third-order valence-corrected chi connectivity index (χ3v) is 2.77. The number of aliphatic hydroxyl groups is 1. The average molecular weight is 224 g/mol. The first kappa shape index (κ1) is 10.9. The second-order valence-corrected chi connectivity index (χ2v) is 3.98. The van der Waals surface area contributed by atoms with Gasteiger partial charge >= 0.3 is 0 Å². The van der Waals surface area contributed by atoms with Crippen LogP contribution >= 0.6 is 0 Å². The van der Waals surface area contributed by atoms with Crippen LogP contribution in [-0.2, 0) is 6.54 Å². The summed E-state index contributed by atoms with van der Waals surface area (Å²) in [6.45, 7) is 3.55. The SMILES string of the molecule is CCn1cc(N)c(C(=O)N2CCC(O)C2)n1. The largest absolute Gasteiger partial charge is 0.396 e. The highest BCUT2D eigenvalue weighted by atomic mass is 16.3. The van der Waals surface area contributed by atoms with Gasteiger partial charge in [0.1, 0.15) is 0 Å². The molecule has 3 N–H and O–H groups in total. The van der Waals surface area contributed by atoms with Crippen LogP contribution in [0, 0.1) is 0 Å². The van der Waals surface area contributed by atoms with Gasteiger partial charge in [-0.3, -0.25) is 9.48 Å². The van der Waals surface area contributed by atoms with Crippen molar-refractivity contribution >= 4 is 11.6 Å². The van der Waals surface area contributed by atoms with Gasteiger partial charge in [0.15, 0.2) is 5.69 Å². The standard InChI is InChI=1S/C10H16N4O2/c1-2-14-6-8(11)9(12-14)10(16)13-4-3-7(15)5-13/h6-7,15H,2-5,11H2,1H3. The van der Waals surface area contributed by atoms with Gasteiger partial charge in [0.05, 0.1) is 11.8 Å². The highest BCUT2D eigenvalue weighted by molar-refractivity contribution is 5.97. The molecule has 1 aliphatic rings. The quantitative estimate of drug-likeness (QED) is 0.721. The molecular weight excluding hydrogens is 208 g/mol. The molecule has 6 nitrogen and oxygen atoms in total. The van der Waals surface area contributed by atoms with Gasteiger partial charge in [-0.2, -0.15) is 5.10 Å². The van der Waals surface area contributed by atoms with Crippen LogP contribution in [0.1, 0.15) is 23.8 Å². The summed E-state index contributed by atoms with van der Waals surface area (Å²) in [5.74, 6) is -0.193. The van der Waals surface area contributed by atoms with Crippen LogP contribution in [0.5, 0.6) is 0 Å². The minimum atomic E-state index is -0.418. The summed E-state index contributed by atoms with van der Waals surface area (Å²) in [4.78, 5) is 13.6. The van der Waals surface area contributed by atoms with Crippen molar-refractivity contribution in [2.24, 2.45) is 0 Å². The lowest BCUT2D eigenvalue weighted by Gasteiger charge is -2.13. The molecular formula is C10H16N4O2. The van der Waals surface area contributed by atoms with E-state index in [1.807, 2.05) is 6.92 Å². The fourth-order valence-electron chi connectivity index (χ4n) is 1.84. The van der Waals surface area contributed by atoms with E-state index in [0.717, 1.165) is 0 Å². The molecule has 2 rings (SSSR count). The summed E-state index contributed by atoms with van der Waals surface area (Å²) in [5, 5.41) is 13.5. The third kappa shape index (κ3) is 1.88. The van der Waals surface area contributed by atoms with E-state index in [2.05, 4.69) is 5.10 Å². The van der Waals surface area contributed by atoms with Crippen LogP contribution in [0.2, 0.25) is 0 Å². The van der Waals surface area contributed by atoms with E-state index in [1.54, 1.807) is 15.8 Å². The lowest BCUT2D eigenvalue weighted by atomic mass is 10.3. The number of anilines is 1. The number of aryl methyl sites for hydroxylation is 1. The average Bonchev–Trinajstić information content (AvgIpc) is 2.83. The summed E-state index contributed by atoms with van der Waals surface area (Å²) >= 11 is 0. The first-order chi connectivity index (χ1) is 7.61. The van der Waals surface area contributed by atoms with Gasteiger partial charge in [0, 0.05) is 25.8 Å². The topological polar surface area (TPSA) is 84.4 Å². The molecule has 0 saturated carbocycles. The van der Waals surface area contributed by atoms with E-state index in [9.17, 15) is 9.90 Å². The van der Waals surface area contributed by atoms with Crippen LogP contribution < -0.4 is 5.73 Å². The van der Waals surface area contributed by atoms with E-state index in [0.29, 0.717) is 31.7 Å². The molecule has 1 saturated heterocycles. The maximum Gasteiger partial charge on any atom is 0.276 e. The fraction of sp³-hybridized carbons (Fsp3) is 0.600. The molecule has 2 heterocycles. The minimum Gasteiger partial charge on any atom is -0.396 e. The molecule has 0 spiro atoms. The van der Waals surface area contributed by atoms with E-state index >= 15 is 0 Å². The molecule has 0 aromatic carbocycles. The number of β-amino-alcohol motifs (C(OH)–C–C–N with tert-alkyl or cyclic N) is 1. The third-order valence-electron chi connectivity index (χ3n) is 2.77. The van der Waals surface area contributed by atoms with Crippen LogP contribution in [0.25, 0.3) is 0 Å². The van der Waals surface area contributed by atoms with Crippen molar-refractivity contribution in [2.75, 3.05) is 18.8 Å². The lowest BCUT2D eigenvalue weighted by Crippen LogP contribution is -2.30. The zero-order chi connectivity index (χ0) is 11.7. The number of nitrogen functional groups attached to an aromatic ring is 1. The van der Waals surface area contributed by atoms with Crippen molar-refractivity contribution in [2.45, 2.75) is 26.0 Å². The number of rotatable bonds is 2. The Labute approximate surface area is 93.6 Å². The first-order valence-electron chi connectivity index (χ1n) is 5.42. The van der Waals surface area contributed by atoms with Crippen molar-refractivity contribution in [3.8, 4) is 0 Å². The number of amides is 1. The normalized spacial score (nSPS) is 20.4. The number of nitrogens with zero attached hydrogens (tertiary/aromatic N) is 3. The van der Waals surface area contributed by atoms with Crippen molar-refractivity contribution in [1.82, 2.24) is 14.7 Å². The number of nitrogens with two attached hydrogens (primary N) is 1. The van der Waals surface area contributed by atoms with Crippen LogP contribution in [0.3, 0.4) is 0 Å². The smallest absolute Gasteiger partial charge is 0.276 e. The first-order valence-corrected chi connectivity index (χ1v) is 5.42. The van der Waals surface area contributed by atoms with Gasteiger partial charge in [-0.1, -0.05) is 0 Å². The zero-order valence-electron chi connectivity index (χ0n) is 9.26. The second-order valence-electron chi connectivity index (χ2n) is 3.98. The van der Waals surface area contributed by atoms with Crippen molar-refractivity contribution < 1.29 is 9.90 Å². The number of aliphatic hydroxyl groups excluding tert-OH is 1. The molecule has 1 aliphatic heterocycles. The number of carbonyl (C=O) groups is 1. The Morgan fingerprint density at radius 1 is 1.75 bits per heavy atom. The summed E-state index contributed by atoms with van der Waals surface area (Å²) in [6, 6.07) is 0. The molecule has 1 unspecified atom stereocenters. The van der Waals surface area contributed by atoms with Crippen molar-refractivity contribution in [1.29, 1.82) is 0 Å².